The molecule has 17 nitrogen and oxygen atoms in total. The molecule has 0 aliphatic rings. The summed E-state index contributed by atoms with van der Waals surface area (Å²) >= 11 is 0. The van der Waals surface area contributed by atoms with E-state index in [0.717, 1.165) is 95.8 Å². The van der Waals surface area contributed by atoms with E-state index in [2.05, 4.69) is 34.6 Å². The highest BCUT2D eigenvalue weighted by molar-refractivity contribution is 7.47. The van der Waals surface area contributed by atoms with E-state index in [1.165, 1.54) is 270 Å². The number of esters is 4. The fraction of sp³-hybridized carbons (Fsp3) is 0.952. The fourth-order valence-corrected chi connectivity index (χ4v) is 14.5. The third-order valence-corrected chi connectivity index (χ3v) is 21.4. The highest BCUT2D eigenvalue weighted by atomic mass is 31.2. The van der Waals surface area contributed by atoms with Gasteiger partial charge in [0.15, 0.2) is 12.2 Å². The first-order valence-electron chi connectivity index (χ1n) is 43.1. The zero-order chi connectivity index (χ0) is 74.8. The second kappa shape index (κ2) is 75.9. The van der Waals surface area contributed by atoms with Crippen LogP contribution in [0.25, 0.3) is 0 Å². The summed E-state index contributed by atoms with van der Waals surface area (Å²) in [6.07, 6.45) is 67.9. The first-order chi connectivity index (χ1) is 49.5. The van der Waals surface area contributed by atoms with Gasteiger partial charge in [-0.1, -0.05) is 394 Å². The van der Waals surface area contributed by atoms with E-state index in [-0.39, 0.29) is 25.7 Å². The van der Waals surface area contributed by atoms with Crippen LogP contribution in [0.2, 0.25) is 0 Å². The lowest BCUT2D eigenvalue weighted by Gasteiger charge is -2.21. The summed E-state index contributed by atoms with van der Waals surface area (Å²) in [6.45, 7) is 7.35. The molecule has 0 rings (SSSR count). The van der Waals surface area contributed by atoms with Gasteiger partial charge in [0, 0.05) is 25.7 Å². The summed E-state index contributed by atoms with van der Waals surface area (Å²) in [5.41, 5.74) is 0. The molecule has 19 heteroatoms. The van der Waals surface area contributed by atoms with Crippen LogP contribution in [0.15, 0.2) is 0 Å². The van der Waals surface area contributed by atoms with Crippen LogP contribution >= 0.6 is 15.6 Å². The van der Waals surface area contributed by atoms with Gasteiger partial charge in [0.2, 0.25) is 0 Å². The average Bonchev–Trinajstić information content (AvgIpc) is 0.915. The molecule has 0 amide bonds. The Kier molecular flexibility index (Phi) is 74.4. The molecule has 0 aromatic carbocycles. The molecule has 0 aromatic rings. The Labute approximate surface area is 626 Å². The zero-order valence-corrected chi connectivity index (χ0v) is 68.5. The number of aliphatic hydroxyl groups excluding tert-OH is 1. The Balaban J connectivity index is 5.24. The predicted octanol–water partition coefficient (Wildman–Crippen LogP) is 25.2. The van der Waals surface area contributed by atoms with Crippen LogP contribution in [0.3, 0.4) is 0 Å². The highest BCUT2D eigenvalue weighted by Crippen LogP contribution is 2.45. The first kappa shape index (κ1) is 100. The fourth-order valence-electron chi connectivity index (χ4n) is 12.9. The molecular weight excluding hydrogens is 1330 g/mol. The predicted molar refractivity (Wildman–Crippen MR) is 418 cm³/mol. The summed E-state index contributed by atoms with van der Waals surface area (Å²) in [7, 11) is -9.92. The average molecular weight is 1490 g/mol. The number of carbonyl (C=O) groups excluding carboxylic acids is 4. The Hall–Kier alpha value is -1.94. The second-order valence-electron chi connectivity index (χ2n) is 30.3. The van der Waals surface area contributed by atoms with Crippen LogP contribution in [0, 0.1) is 5.92 Å². The van der Waals surface area contributed by atoms with Crippen LogP contribution in [0.4, 0.5) is 0 Å². The lowest BCUT2D eigenvalue weighted by atomic mass is 10.0. The molecule has 0 aromatic heterocycles. The van der Waals surface area contributed by atoms with E-state index in [0.29, 0.717) is 25.7 Å². The lowest BCUT2D eigenvalue weighted by molar-refractivity contribution is -0.161. The van der Waals surface area contributed by atoms with Crippen molar-refractivity contribution in [3.8, 4) is 0 Å². The molecule has 0 saturated heterocycles. The van der Waals surface area contributed by atoms with Gasteiger partial charge >= 0.3 is 39.5 Å². The molecule has 2 unspecified atom stereocenters. The summed E-state index contributed by atoms with van der Waals surface area (Å²) in [5, 5.41) is 10.7. The van der Waals surface area contributed by atoms with Gasteiger partial charge < -0.3 is 33.8 Å². The molecule has 0 radical (unpaired) electrons. The topological polar surface area (TPSA) is 237 Å². The molecule has 606 valence electrons. The summed E-state index contributed by atoms with van der Waals surface area (Å²) < 4.78 is 68.8. The third kappa shape index (κ3) is 76.3. The van der Waals surface area contributed by atoms with Crippen LogP contribution in [-0.2, 0) is 65.4 Å². The number of ether oxygens (including phenoxy) is 4. The van der Waals surface area contributed by atoms with Crippen molar-refractivity contribution in [3.05, 3.63) is 0 Å². The minimum atomic E-state index is -4.96. The van der Waals surface area contributed by atoms with Crippen molar-refractivity contribution in [2.75, 3.05) is 39.6 Å². The maximum Gasteiger partial charge on any atom is 0.472 e. The minimum Gasteiger partial charge on any atom is -0.462 e. The minimum absolute atomic E-state index is 0.109. The normalized spacial score (nSPS) is 13.8. The monoisotopic (exact) mass is 1490 g/mol. The summed E-state index contributed by atoms with van der Waals surface area (Å²) in [4.78, 5) is 73.1. The lowest BCUT2D eigenvalue weighted by Crippen LogP contribution is -2.30. The van der Waals surface area contributed by atoms with Gasteiger partial charge in [0.1, 0.15) is 19.3 Å². The largest absolute Gasteiger partial charge is 0.472 e. The Bertz CT molecular complexity index is 1940. The van der Waals surface area contributed by atoms with Crippen molar-refractivity contribution in [2.24, 2.45) is 5.92 Å². The molecule has 0 aliphatic heterocycles. The van der Waals surface area contributed by atoms with E-state index in [1.54, 1.807) is 0 Å². The first-order valence-corrected chi connectivity index (χ1v) is 46.1. The van der Waals surface area contributed by atoms with Crippen molar-refractivity contribution < 1.29 is 80.2 Å². The van der Waals surface area contributed by atoms with Gasteiger partial charge in [-0.25, -0.2) is 9.13 Å². The van der Waals surface area contributed by atoms with Gasteiger partial charge in [-0.3, -0.25) is 37.3 Å². The van der Waals surface area contributed by atoms with E-state index >= 15 is 0 Å². The summed E-state index contributed by atoms with van der Waals surface area (Å²) in [6, 6.07) is 0. The molecule has 3 N–H and O–H groups in total. The third-order valence-electron chi connectivity index (χ3n) is 19.5. The maximum absolute atomic E-state index is 13.1. The number of unbranched alkanes of at least 4 members (excludes halogenated alkanes) is 55. The summed E-state index contributed by atoms with van der Waals surface area (Å²) in [5.74, 6) is -1.33. The van der Waals surface area contributed by atoms with E-state index < -0.39 is 97.5 Å². The number of phosphoric acid groups is 2. The second-order valence-corrected chi connectivity index (χ2v) is 33.3. The van der Waals surface area contributed by atoms with Crippen LogP contribution in [0.1, 0.15) is 446 Å². The van der Waals surface area contributed by atoms with Gasteiger partial charge in [-0.2, -0.15) is 0 Å². The van der Waals surface area contributed by atoms with Crippen molar-refractivity contribution in [1.29, 1.82) is 0 Å². The number of aliphatic hydroxyl groups is 1. The standard InChI is InChI=1S/C83H162O17P2/c1-6-9-12-15-18-21-24-27-29-30-31-32-33-34-35-38-43-49-54-59-64-69-83(88)100-79(73-94-81(86)67-62-57-52-47-44-39-40-45-50-55-60-65-76(4)5)75-98-102(91,92)96-71-77(84)70-95-101(89,90)97-74-78(72-93-80(85)66-61-56-51-46-41-36-26-23-20-17-14-11-8-3)99-82(87)68-63-58-53-48-42-37-28-25-22-19-16-13-10-7-2/h76-79,84H,6-75H2,1-5H3,(H,89,90)(H,91,92)/t77-,78+,79+/m0/s1. The number of phosphoric ester groups is 2. The van der Waals surface area contributed by atoms with E-state index in [1.807, 2.05) is 0 Å². The van der Waals surface area contributed by atoms with Crippen molar-refractivity contribution in [2.45, 2.75) is 464 Å². The van der Waals surface area contributed by atoms with Crippen molar-refractivity contribution in [1.82, 2.24) is 0 Å². The number of hydrogen-bond acceptors (Lipinski definition) is 15. The number of carbonyl (C=O) groups is 4. The van der Waals surface area contributed by atoms with Gasteiger partial charge in [0.25, 0.3) is 0 Å². The molecule has 0 aliphatic carbocycles. The number of hydrogen-bond donors (Lipinski definition) is 3. The van der Waals surface area contributed by atoms with Crippen LogP contribution in [0.5, 0.6) is 0 Å². The molecule has 0 heterocycles. The van der Waals surface area contributed by atoms with Gasteiger partial charge in [-0.15, -0.1) is 0 Å². The zero-order valence-electron chi connectivity index (χ0n) is 66.8. The SMILES string of the molecule is CCCCCCCCCCCCCCCCCCCCCCCC(=O)O[C@H](COC(=O)CCCCCCCCCCCCCC(C)C)COP(=O)(O)OC[C@@H](O)COP(=O)(O)OC[C@@H](COC(=O)CCCCCCCCCCCCCCC)OC(=O)CCCCCCCCCCCCCCCC. The molecule has 0 saturated carbocycles. The van der Waals surface area contributed by atoms with E-state index in [9.17, 15) is 43.2 Å². The molecular formula is C83H162O17P2. The molecule has 0 spiro atoms. The highest BCUT2D eigenvalue weighted by Gasteiger charge is 2.30. The quantitative estimate of drug-likeness (QED) is 0.0222. The van der Waals surface area contributed by atoms with Crippen molar-refractivity contribution in [3.63, 3.8) is 0 Å². The molecule has 102 heavy (non-hydrogen) atoms. The Morgan fingerprint density at radius 2 is 0.451 bits per heavy atom. The van der Waals surface area contributed by atoms with Gasteiger partial charge in [-0.05, 0) is 31.6 Å². The number of rotatable bonds is 83. The smallest absolute Gasteiger partial charge is 0.462 e. The molecule has 0 fully saturated rings. The van der Waals surface area contributed by atoms with Crippen LogP contribution in [-0.4, -0.2) is 96.7 Å². The Morgan fingerprint density at radius 3 is 0.667 bits per heavy atom. The molecule has 5 atom stereocenters. The maximum atomic E-state index is 13.1. The molecule has 0 bridgehead atoms. The Morgan fingerprint density at radius 1 is 0.265 bits per heavy atom. The van der Waals surface area contributed by atoms with Crippen LogP contribution < -0.4 is 0 Å². The van der Waals surface area contributed by atoms with Crippen molar-refractivity contribution >= 4 is 39.5 Å². The van der Waals surface area contributed by atoms with Gasteiger partial charge in [0.05, 0.1) is 26.4 Å². The van der Waals surface area contributed by atoms with E-state index in [4.69, 9.17) is 37.0 Å².